The molecule has 126 valence electrons. The van der Waals surface area contributed by atoms with Crippen molar-refractivity contribution in [2.45, 2.75) is 20.3 Å². The van der Waals surface area contributed by atoms with Gasteiger partial charge in [-0.05, 0) is 37.1 Å². The molecule has 0 bridgehead atoms. The molecule has 3 rings (SSSR count). The second kappa shape index (κ2) is 6.95. The average Bonchev–Trinajstić information content (AvgIpc) is 2.59. The van der Waals surface area contributed by atoms with Crippen molar-refractivity contribution in [3.63, 3.8) is 0 Å². The van der Waals surface area contributed by atoms with Crippen LogP contribution in [0.1, 0.15) is 16.7 Å². The fraction of sp³-hybridized carbons (Fsp3) is 0.350. The highest BCUT2D eigenvalue weighted by Crippen LogP contribution is 2.24. The molecule has 2 aromatic rings. The van der Waals surface area contributed by atoms with Crippen LogP contribution < -0.4 is 4.90 Å². The fourth-order valence-electron chi connectivity index (χ4n) is 3.21. The number of para-hydroxylation sites is 1. The molecule has 0 aromatic heterocycles. The summed E-state index contributed by atoms with van der Waals surface area (Å²) in [6.07, 6.45) is 0.260. The first-order valence-electron chi connectivity index (χ1n) is 8.42. The topological polar surface area (TPSA) is 43.8 Å². The van der Waals surface area contributed by atoms with Gasteiger partial charge >= 0.3 is 0 Å². The summed E-state index contributed by atoms with van der Waals surface area (Å²) in [5.41, 5.74) is 4.57. The normalized spacial score (nSPS) is 14.8. The van der Waals surface area contributed by atoms with Crippen LogP contribution in [-0.4, -0.2) is 42.1 Å². The Bertz CT molecular complexity index is 734. The fourth-order valence-corrected chi connectivity index (χ4v) is 3.21. The molecule has 4 heteroatoms. The van der Waals surface area contributed by atoms with Crippen molar-refractivity contribution in [3.8, 4) is 5.75 Å². The number of carbonyl (C=O) groups excluding carboxylic acids is 1. The molecule has 2 aromatic carbocycles. The van der Waals surface area contributed by atoms with Gasteiger partial charge in [-0.15, -0.1) is 0 Å². The molecule has 1 aliphatic rings. The summed E-state index contributed by atoms with van der Waals surface area (Å²) in [4.78, 5) is 16.7. The van der Waals surface area contributed by atoms with Crippen LogP contribution in [0.15, 0.2) is 42.5 Å². The van der Waals surface area contributed by atoms with Gasteiger partial charge in [0.05, 0.1) is 6.42 Å². The molecule has 0 aliphatic carbocycles. The van der Waals surface area contributed by atoms with E-state index in [1.54, 1.807) is 18.2 Å². The van der Waals surface area contributed by atoms with Gasteiger partial charge in [-0.3, -0.25) is 4.79 Å². The molecular formula is C20H24N2O2. The first-order valence-corrected chi connectivity index (χ1v) is 8.42. The number of amides is 1. The zero-order valence-electron chi connectivity index (χ0n) is 14.3. The number of piperazine rings is 1. The molecule has 4 nitrogen and oxygen atoms in total. The first kappa shape index (κ1) is 16.4. The largest absolute Gasteiger partial charge is 0.508 e. The molecule has 1 amide bonds. The van der Waals surface area contributed by atoms with E-state index in [1.165, 1.54) is 16.8 Å². The average molecular weight is 324 g/mol. The number of nitrogens with zero attached hydrogens (tertiary/aromatic N) is 2. The summed E-state index contributed by atoms with van der Waals surface area (Å²) < 4.78 is 0. The summed E-state index contributed by atoms with van der Waals surface area (Å²) in [6.45, 7) is 7.42. The number of benzene rings is 2. The zero-order valence-corrected chi connectivity index (χ0v) is 14.3. The number of phenols is 1. The maximum absolute atomic E-state index is 12.5. The Morgan fingerprint density at radius 3 is 2.42 bits per heavy atom. The predicted octanol–water partition coefficient (Wildman–Crippen LogP) is 2.90. The molecule has 0 unspecified atom stereocenters. The van der Waals surface area contributed by atoms with E-state index in [0.717, 1.165) is 26.2 Å². The number of aromatic hydroxyl groups is 1. The summed E-state index contributed by atoms with van der Waals surface area (Å²) >= 11 is 0. The maximum Gasteiger partial charge on any atom is 0.227 e. The van der Waals surface area contributed by atoms with E-state index in [4.69, 9.17) is 0 Å². The molecular weight excluding hydrogens is 300 g/mol. The number of hydrogen-bond acceptors (Lipinski definition) is 3. The standard InChI is InChI=1S/C20H24N2O2/c1-15-6-5-8-18(16(15)2)21-10-12-22(13-11-21)20(24)14-17-7-3-4-9-19(17)23/h3-9,23H,10-14H2,1-2H3. The summed E-state index contributed by atoms with van der Waals surface area (Å²) in [6, 6.07) is 13.4. The van der Waals surface area contributed by atoms with Crippen molar-refractivity contribution in [3.05, 3.63) is 59.2 Å². The van der Waals surface area contributed by atoms with Gasteiger partial charge in [0.2, 0.25) is 5.91 Å². The Morgan fingerprint density at radius 1 is 1.00 bits per heavy atom. The van der Waals surface area contributed by atoms with Gasteiger partial charge in [0.15, 0.2) is 0 Å². The van der Waals surface area contributed by atoms with Crippen molar-refractivity contribution >= 4 is 11.6 Å². The monoisotopic (exact) mass is 324 g/mol. The molecule has 1 heterocycles. The van der Waals surface area contributed by atoms with Crippen LogP contribution in [0.25, 0.3) is 0 Å². The Balaban J connectivity index is 1.62. The number of phenolic OH excluding ortho intramolecular Hbond substituents is 1. The number of carbonyl (C=O) groups is 1. The summed E-state index contributed by atoms with van der Waals surface area (Å²) in [7, 11) is 0. The number of hydrogen-bond donors (Lipinski definition) is 1. The van der Waals surface area contributed by atoms with Crippen molar-refractivity contribution in [2.75, 3.05) is 31.1 Å². The van der Waals surface area contributed by atoms with E-state index >= 15 is 0 Å². The van der Waals surface area contributed by atoms with Crippen LogP contribution in [0.2, 0.25) is 0 Å². The van der Waals surface area contributed by atoms with E-state index < -0.39 is 0 Å². The van der Waals surface area contributed by atoms with Crippen LogP contribution in [0.3, 0.4) is 0 Å². The van der Waals surface area contributed by atoms with Gasteiger partial charge < -0.3 is 14.9 Å². The minimum absolute atomic E-state index is 0.0807. The third-order valence-corrected chi connectivity index (χ3v) is 4.88. The SMILES string of the molecule is Cc1cccc(N2CCN(C(=O)Cc3ccccc3O)CC2)c1C. The van der Waals surface area contributed by atoms with Gasteiger partial charge in [-0.25, -0.2) is 0 Å². The molecule has 1 fully saturated rings. The van der Waals surface area contributed by atoms with Gasteiger partial charge in [0, 0.05) is 37.4 Å². The Kier molecular flexibility index (Phi) is 4.74. The predicted molar refractivity (Wildman–Crippen MR) is 96.5 cm³/mol. The quantitative estimate of drug-likeness (QED) is 0.944. The van der Waals surface area contributed by atoms with Crippen molar-refractivity contribution in [2.24, 2.45) is 0 Å². The highest BCUT2D eigenvalue weighted by atomic mass is 16.3. The second-order valence-electron chi connectivity index (χ2n) is 6.39. The van der Waals surface area contributed by atoms with Crippen LogP contribution in [0, 0.1) is 13.8 Å². The lowest BCUT2D eigenvalue weighted by molar-refractivity contribution is -0.130. The maximum atomic E-state index is 12.5. The minimum Gasteiger partial charge on any atom is -0.508 e. The molecule has 1 N–H and O–H groups in total. The van der Waals surface area contributed by atoms with Crippen LogP contribution in [0.4, 0.5) is 5.69 Å². The van der Waals surface area contributed by atoms with E-state index in [1.807, 2.05) is 11.0 Å². The van der Waals surface area contributed by atoms with E-state index in [2.05, 4.69) is 36.9 Å². The van der Waals surface area contributed by atoms with E-state index in [-0.39, 0.29) is 18.1 Å². The molecule has 1 saturated heterocycles. The van der Waals surface area contributed by atoms with Crippen molar-refractivity contribution in [1.29, 1.82) is 0 Å². The highest BCUT2D eigenvalue weighted by Gasteiger charge is 2.22. The summed E-state index contributed by atoms with van der Waals surface area (Å²) in [5.74, 6) is 0.275. The van der Waals surface area contributed by atoms with E-state index in [9.17, 15) is 9.90 Å². The second-order valence-corrected chi connectivity index (χ2v) is 6.39. The minimum atomic E-state index is 0.0807. The Morgan fingerprint density at radius 2 is 1.71 bits per heavy atom. The molecule has 24 heavy (non-hydrogen) atoms. The Hall–Kier alpha value is -2.49. The van der Waals surface area contributed by atoms with Crippen molar-refractivity contribution in [1.82, 2.24) is 4.90 Å². The smallest absolute Gasteiger partial charge is 0.227 e. The van der Waals surface area contributed by atoms with Crippen molar-refractivity contribution < 1.29 is 9.90 Å². The van der Waals surface area contributed by atoms with Gasteiger partial charge in [-0.1, -0.05) is 30.3 Å². The van der Waals surface area contributed by atoms with Crippen LogP contribution >= 0.6 is 0 Å². The first-order chi connectivity index (χ1) is 11.6. The lowest BCUT2D eigenvalue weighted by Gasteiger charge is -2.37. The molecule has 0 saturated carbocycles. The molecule has 0 spiro atoms. The van der Waals surface area contributed by atoms with Gasteiger partial charge in [0.1, 0.15) is 5.75 Å². The number of rotatable bonds is 3. The van der Waals surface area contributed by atoms with E-state index in [0.29, 0.717) is 5.56 Å². The van der Waals surface area contributed by atoms with Crippen LogP contribution in [0.5, 0.6) is 5.75 Å². The molecule has 0 radical (unpaired) electrons. The lowest BCUT2D eigenvalue weighted by Crippen LogP contribution is -2.49. The third kappa shape index (κ3) is 3.37. The molecule has 1 aliphatic heterocycles. The number of aryl methyl sites for hydroxylation is 1. The summed E-state index contributed by atoms with van der Waals surface area (Å²) in [5, 5.41) is 9.83. The highest BCUT2D eigenvalue weighted by molar-refractivity contribution is 5.79. The van der Waals surface area contributed by atoms with Gasteiger partial charge in [0.25, 0.3) is 0 Å². The zero-order chi connectivity index (χ0) is 17.1. The van der Waals surface area contributed by atoms with Crippen LogP contribution in [-0.2, 0) is 11.2 Å². The Labute approximate surface area is 143 Å². The molecule has 0 atom stereocenters. The lowest BCUT2D eigenvalue weighted by atomic mass is 10.1. The third-order valence-electron chi connectivity index (χ3n) is 4.88. The van der Waals surface area contributed by atoms with Gasteiger partial charge in [-0.2, -0.15) is 0 Å². The number of anilines is 1.